The molecule has 3 aromatic carbocycles. The topological polar surface area (TPSA) is 49.4 Å². The molecule has 0 aliphatic heterocycles. The standard InChI is InChI=1S/C19H22O3S.C8H10.Na/c1-4-9-17-16(5-2)18(23(20)21)12-14(3)19(17)22-13-15-10-7-6-8-11-15;1-2-8-6-4-3-5-7-8;/h5-12H,4,13H2,1-3H3,(H,20,21);3-7H,2H2,1H3;/q;;+1/p-1/b16-5+,17-9+;;. The first-order valence-electron chi connectivity index (χ1n) is 10.6. The summed E-state index contributed by atoms with van der Waals surface area (Å²) < 4.78 is 29.0. The second-order valence-corrected chi connectivity index (χ2v) is 8.01. The second-order valence-electron chi connectivity index (χ2n) is 7.10. The Morgan fingerprint density at radius 3 is 1.94 bits per heavy atom. The molecule has 0 aliphatic rings. The van der Waals surface area contributed by atoms with E-state index in [0.29, 0.717) is 16.7 Å². The summed E-state index contributed by atoms with van der Waals surface area (Å²) in [6, 6.07) is 22.0. The Morgan fingerprint density at radius 2 is 1.50 bits per heavy atom. The molecule has 0 bridgehead atoms. The smallest absolute Gasteiger partial charge is 0.768 e. The van der Waals surface area contributed by atoms with Crippen molar-refractivity contribution in [2.24, 2.45) is 0 Å². The Hall–Kier alpha value is -1.69. The molecule has 0 radical (unpaired) electrons. The predicted octanol–water partition coefficient (Wildman–Crippen LogP) is 2.06. The monoisotopic (exact) mass is 458 g/mol. The Balaban J connectivity index is 0.000000480. The SMILES string of the molecule is C/C=c1/c(S(=O)[O-])cc(C)c(OCc2ccccc2)/c1=C/CC.CCc1ccccc1.[Na+]. The third-order valence-corrected chi connectivity index (χ3v) is 5.56. The molecule has 0 amide bonds. The minimum Gasteiger partial charge on any atom is -0.768 e. The zero-order chi connectivity index (χ0) is 22.6. The third-order valence-electron chi connectivity index (χ3n) is 4.86. The first kappa shape index (κ1) is 28.3. The van der Waals surface area contributed by atoms with E-state index in [1.54, 1.807) is 6.07 Å². The zero-order valence-electron chi connectivity index (χ0n) is 19.8. The summed E-state index contributed by atoms with van der Waals surface area (Å²) in [5, 5.41) is 1.55. The number of hydrogen-bond donors (Lipinski definition) is 0. The summed E-state index contributed by atoms with van der Waals surface area (Å²) in [7, 11) is 0. The van der Waals surface area contributed by atoms with E-state index in [4.69, 9.17) is 4.74 Å². The van der Waals surface area contributed by atoms with Gasteiger partial charge in [0.25, 0.3) is 0 Å². The van der Waals surface area contributed by atoms with Crippen molar-refractivity contribution in [2.45, 2.75) is 52.0 Å². The van der Waals surface area contributed by atoms with Crippen LogP contribution in [0.5, 0.6) is 5.75 Å². The largest absolute Gasteiger partial charge is 1.00 e. The summed E-state index contributed by atoms with van der Waals surface area (Å²) in [4.78, 5) is 0.316. The number of hydrogen-bond acceptors (Lipinski definition) is 3. The van der Waals surface area contributed by atoms with Gasteiger partial charge in [0.2, 0.25) is 0 Å². The fraction of sp³-hybridized carbons (Fsp3) is 0.259. The molecule has 3 nitrogen and oxygen atoms in total. The van der Waals surface area contributed by atoms with Gasteiger partial charge in [0.15, 0.2) is 0 Å². The number of rotatable bonds is 6. The average molecular weight is 459 g/mol. The molecule has 0 N–H and O–H groups in total. The van der Waals surface area contributed by atoms with Gasteiger partial charge < -0.3 is 9.29 Å². The van der Waals surface area contributed by atoms with Gasteiger partial charge in [-0.1, -0.05) is 86.7 Å². The molecule has 1 unspecified atom stereocenters. The molecule has 0 fully saturated rings. The van der Waals surface area contributed by atoms with Crippen molar-refractivity contribution in [1.82, 2.24) is 0 Å². The molecule has 3 aromatic rings. The van der Waals surface area contributed by atoms with Crippen LogP contribution in [0.15, 0.2) is 71.6 Å². The van der Waals surface area contributed by atoms with E-state index in [9.17, 15) is 8.76 Å². The molecule has 32 heavy (non-hydrogen) atoms. The van der Waals surface area contributed by atoms with E-state index in [0.717, 1.165) is 34.9 Å². The van der Waals surface area contributed by atoms with Crippen LogP contribution < -0.4 is 44.7 Å². The molecule has 5 heteroatoms. The van der Waals surface area contributed by atoms with E-state index in [1.807, 2.05) is 69.3 Å². The van der Waals surface area contributed by atoms with E-state index in [1.165, 1.54) is 5.56 Å². The van der Waals surface area contributed by atoms with Gasteiger partial charge in [-0.3, -0.25) is 4.21 Å². The molecule has 164 valence electrons. The van der Waals surface area contributed by atoms with Gasteiger partial charge in [-0.05, 0) is 65.7 Å². The normalized spacial score (nSPS) is 12.4. The number of aryl methyl sites for hydroxylation is 2. The Bertz CT molecular complexity index is 1100. The van der Waals surface area contributed by atoms with Crippen molar-refractivity contribution in [1.29, 1.82) is 0 Å². The molecule has 0 aromatic heterocycles. The molecule has 0 saturated heterocycles. The van der Waals surface area contributed by atoms with Gasteiger partial charge in [0, 0.05) is 10.1 Å². The second kappa shape index (κ2) is 15.2. The maximum Gasteiger partial charge on any atom is 1.00 e. The minimum atomic E-state index is -2.27. The van der Waals surface area contributed by atoms with Crippen LogP contribution in [0.1, 0.15) is 43.9 Å². The zero-order valence-corrected chi connectivity index (χ0v) is 22.6. The van der Waals surface area contributed by atoms with Crippen molar-refractivity contribution < 1.29 is 43.1 Å². The minimum absolute atomic E-state index is 0. The number of benzene rings is 3. The average Bonchev–Trinajstić information content (AvgIpc) is 2.80. The molecule has 0 spiro atoms. The van der Waals surface area contributed by atoms with Gasteiger partial charge in [-0.25, -0.2) is 0 Å². The Kier molecular flexibility index (Phi) is 13.5. The van der Waals surface area contributed by atoms with Crippen molar-refractivity contribution in [3.63, 3.8) is 0 Å². The molecule has 0 saturated carbocycles. The summed E-state index contributed by atoms with van der Waals surface area (Å²) >= 11 is -2.27. The molecule has 0 aliphatic carbocycles. The van der Waals surface area contributed by atoms with Gasteiger partial charge in [-0.15, -0.1) is 0 Å². The van der Waals surface area contributed by atoms with Gasteiger partial charge in [0.05, 0.1) is 0 Å². The van der Waals surface area contributed by atoms with E-state index in [-0.39, 0.29) is 29.6 Å². The van der Waals surface area contributed by atoms with E-state index >= 15 is 0 Å². The predicted molar refractivity (Wildman–Crippen MR) is 129 cm³/mol. The fourth-order valence-electron chi connectivity index (χ4n) is 3.28. The Labute approximate surface area is 216 Å². The van der Waals surface area contributed by atoms with Crippen LogP contribution in [0.2, 0.25) is 0 Å². The fourth-order valence-corrected chi connectivity index (χ4v) is 3.97. The van der Waals surface area contributed by atoms with Crippen molar-refractivity contribution >= 4 is 23.2 Å². The number of ether oxygens (including phenoxy) is 1. The molecular weight excluding hydrogens is 427 g/mol. The van der Waals surface area contributed by atoms with Crippen LogP contribution in [0.3, 0.4) is 0 Å². The van der Waals surface area contributed by atoms with Crippen LogP contribution in [0, 0.1) is 6.92 Å². The van der Waals surface area contributed by atoms with Gasteiger partial charge >= 0.3 is 29.6 Å². The van der Waals surface area contributed by atoms with Crippen molar-refractivity contribution in [2.75, 3.05) is 0 Å². The first-order valence-corrected chi connectivity index (χ1v) is 11.7. The van der Waals surface area contributed by atoms with Gasteiger partial charge in [0.1, 0.15) is 12.4 Å². The molecular formula is C27H31NaO3S. The molecule has 0 heterocycles. The summed E-state index contributed by atoms with van der Waals surface area (Å²) in [6.07, 6.45) is 5.78. The van der Waals surface area contributed by atoms with Crippen LogP contribution in [-0.2, 0) is 24.1 Å². The van der Waals surface area contributed by atoms with Crippen molar-refractivity contribution in [3.05, 3.63) is 93.9 Å². The van der Waals surface area contributed by atoms with Crippen LogP contribution in [0.4, 0.5) is 0 Å². The van der Waals surface area contributed by atoms with E-state index in [2.05, 4.69) is 31.2 Å². The Morgan fingerprint density at radius 1 is 0.938 bits per heavy atom. The van der Waals surface area contributed by atoms with Gasteiger partial charge in [-0.2, -0.15) is 0 Å². The van der Waals surface area contributed by atoms with Crippen molar-refractivity contribution in [3.8, 4) is 5.75 Å². The van der Waals surface area contributed by atoms with Crippen LogP contribution in [0.25, 0.3) is 12.2 Å². The summed E-state index contributed by atoms with van der Waals surface area (Å²) in [5.41, 5.74) is 3.31. The van der Waals surface area contributed by atoms with Crippen LogP contribution in [-0.4, -0.2) is 8.76 Å². The van der Waals surface area contributed by atoms with E-state index < -0.39 is 11.1 Å². The molecule has 1 atom stereocenters. The quantitative estimate of drug-likeness (QED) is 0.420. The molecule has 3 rings (SSSR count). The summed E-state index contributed by atoms with van der Waals surface area (Å²) in [6.45, 7) is 8.36. The van der Waals surface area contributed by atoms with Crippen LogP contribution >= 0.6 is 0 Å². The first-order chi connectivity index (χ1) is 15.0. The maximum atomic E-state index is 11.5. The summed E-state index contributed by atoms with van der Waals surface area (Å²) in [5.74, 6) is 0.748. The third kappa shape index (κ3) is 8.34. The maximum absolute atomic E-state index is 11.5.